The second-order valence-electron chi connectivity index (χ2n) is 5.42. The molecule has 1 saturated heterocycles. The van der Waals surface area contributed by atoms with Gasteiger partial charge < -0.3 is 5.32 Å². The van der Waals surface area contributed by atoms with Crippen molar-refractivity contribution < 1.29 is 0 Å². The summed E-state index contributed by atoms with van der Waals surface area (Å²) in [4.78, 5) is 2.56. The first-order valence-corrected chi connectivity index (χ1v) is 6.69. The fourth-order valence-electron chi connectivity index (χ4n) is 2.64. The molecule has 0 spiro atoms. The molecule has 1 heterocycles. The van der Waals surface area contributed by atoms with E-state index in [-0.39, 0.29) is 0 Å². The van der Waals surface area contributed by atoms with Crippen LogP contribution < -0.4 is 5.32 Å². The number of hydrogen-bond acceptors (Lipinski definition) is 2. The molecule has 1 fully saturated rings. The van der Waals surface area contributed by atoms with Crippen LogP contribution in [-0.4, -0.2) is 37.1 Å². The molecule has 0 saturated carbocycles. The minimum Gasteiger partial charge on any atom is -0.317 e. The second kappa shape index (κ2) is 6.41. The van der Waals surface area contributed by atoms with E-state index in [4.69, 9.17) is 0 Å². The van der Waals surface area contributed by atoms with Crippen molar-refractivity contribution >= 4 is 0 Å². The lowest BCUT2D eigenvalue weighted by atomic mass is 9.76. The molecule has 0 radical (unpaired) electrons. The van der Waals surface area contributed by atoms with E-state index in [1.807, 2.05) is 6.08 Å². The van der Waals surface area contributed by atoms with Gasteiger partial charge in [0, 0.05) is 19.1 Å². The van der Waals surface area contributed by atoms with Gasteiger partial charge in [-0.1, -0.05) is 13.0 Å². The summed E-state index contributed by atoms with van der Waals surface area (Å²) in [6, 6.07) is 0.622. The van der Waals surface area contributed by atoms with Gasteiger partial charge in [0.2, 0.25) is 0 Å². The van der Waals surface area contributed by atoms with E-state index in [2.05, 4.69) is 37.6 Å². The van der Waals surface area contributed by atoms with E-state index < -0.39 is 0 Å². The van der Waals surface area contributed by atoms with Crippen molar-refractivity contribution in [3.8, 4) is 0 Å². The fraction of sp³-hybridized carbons (Fsp3) is 0.857. The quantitative estimate of drug-likeness (QED) is 0.698. The van der Waals surface area contributed by atoms with E-state index in [0.717, 1.165) is 6.54 Å². The molecule has 0 aliphatic carbocycles. The topological polar surface area (TPSA) is 15.3 Å². The molecule has 94 valence electrons. The third-order valence-electron chi connectivity index (χ3n) is 4.05. The molecule has 1 rings (SSSR count). The summed E-state index contributed by atoms with van der Waals surface area (Å²) in [7, 11) is 0. The van der Waals surface area contributed by atoms with Crippen LogP contribution >= 0.6 is 0 Å². The van der Waals surface area contributed by atoms with Gasteiger partial charge in [-0.25, -0.2) is 0 Å². The van der Waals surface area contributed by atoms with Crippen LogP contribution in [0.4, 0.5) is 0 Å². The minimum atomic E-state index is 0.540. The molecule has 2 heteroatoms. The van der Waals surface area contributed by atoms with Crippen LogP contribution in [0, 0.1) is 5.41 Å². The second-order valence-corrected chi connectivity index (χ2v) is 5.42. The molecular weight excluding hydrogens is 196 g/mol. The molecule has 1 aliphatic heterocycles. The first-order valence-electron chi connectivity index (χ1n) is 6.69. The maximum Gasteiger partial charge on any atom is 0.0163 e. The Bertz CT molecular complexity index is 205. The predicted octanol–water partition coefficient (Wildman–Crippen LogP) is 2.66. The Labute approximate surface area is 101 Å². The van der Waals surface area contributed by atoms with E-state index in [9.17, 15) is 0 Å². The lowest BCUT2D eigenvalue weighted by Gasteiger charge is -2.42. The molecule has 0 aromatic rings. The maximum atomic E-state index is 3.87. The number of nitrogens with zero attached hydrogens (tertiary/aromatic N) is 1. The van der Waals surface area contributed by atoms with Crippen molar-refractivity contribution in [3.05, 3.63) is 12.7 Å². The Balaban J connectivity index is 2.61. The van der Waals surface area contributed by atoms with Gasteiger partial charge in [-0.3, -0.25) is 4.90 Å². The molecule has 2 nitrogen and oxygen atoms in total. The zero-order valence-electron chi connectivity index (χ0n) is 11.3. The molecule has 0 amide bonds. The van der Waals surface area contributed by atoms with Gasteiger partial charge in [0.25, 0.3) is 0 Å². The zero-order valence-corrected chi connectivity index (χ0v) is 11.3. The standard InChI is InChI=1S/C14H28N2/c1-5-11-16(13(3)4)12-14(6-2)7-9-15-10-8-14/h5,13,15H,1,6-12H2,2-4H3. The molecule has 0 bridgehead atoms. The molecule has 16 heavy (non-hydrogen) atoms. The van der Waals surface area contributed by atoms with Crippen molar-refractivity contribution in [1.82, 2.24) is 10.2 Å². The highest BCUT2D eigenvalue weighted by Gasteiger charge is 2.32. The van der Waals surface area contributed by atoms with Crippen molar-refractivity contribution in [2.24, 2.45) is 5.41 Å². The Morgan fingerprint density at radius 3 is 2.44 bits per heavy atom. The third-order valence-corrected chi connectivity index (χ3v) is 4.05. The van der Waals surface area contributed by atoms with Gasteiger partial charge in [0.1, 0.15) is 0 Å². The number of piperidine rings is 1. The summed E-state index contributed by atoms with van der Waals surface area (Å²) in [5, 5.41) is 3.47. The average molecular weight is 224 g/mol. The zero-order chi connectivity index (χ0) is 12.0. The molecule has 1 N–H and O–H groups in total. The predicted molar refractivity (Wildman–Crippen MR) is 71.7 cm³/mol. The van der Waals surface area contributed by atoms with Crippen LogP contribution in [0.5, 0.6) is 0 Å². The number of nitrogens with one attached hydrogen (secondary N) is 1. The molecule has 0 aromatic heterocycles. The minimum absolute atomic E-state index is 0.540. The van der Waals surface area contributed by atoms with Crippen molar-refractivity contribution in [1.29, 1.82) is 0 Å². The van der Waals surface area contributed by atoms with Crippen LogP contribution in [0.1, 0.15) is 40.0 Å². The van der Waals surface area contributed by atoms with Crippen molar-refractivity contribution in [2.75, 3.05) is 26.2 Å². The normalized spacial score (nSPS) is 20.3. The monoisotopic (exact) mass is 224 g/mol. The van der Waals surface area contributed by atoms with Crippen LogP contribution in [-0.2, 0) is 0 Å². The first kappa shape index (κ1) is 13.7. The average Bonchev–Trinajstić information content (AvgIpc) is 2.29. The van der Waals surface area contributed by atoms with Crippen molar-refractivity contribution in [3.63, 3.8) is 0 Å². The van der Waals surface area contributed by atoms with Gasteiger partial charge >= 0.3 is 0 Å². The molecule has 0 atom stereocenters. The summed E-state index contributed by atoms with van der Waals surface area (Å²) >= 11 is 0. The summed E-state index contributed by atoms with van der Waals surface area (Å²) in [6.07, 6.45) is 5.98. The van der Waals surface area contributed by atoms with Crippen LogP contribution in [0.2, 0.25) is 0 Å². The summed E-state index contributed by atoms with van der Waals surface area (Å²) in [6.45, 7) is 15.4. The van der Waals surface area contributed by atoms with Crippen LogP contribution in [0.3, 0.4) is 0 Å². The molecule has 0 unspecified atom stereocenters. The molecular formula is C14H28N2. The summed E-state index contributed by atoms with van der Waals surface area (Å²) < 4.78 is 0. The highest BCUT2D eigenvalue weighted by molar-refractivity contribution is 4.89. The van der Waals surface area contributed by atoms with E-state index in [1.54, 1.807) is 0 Å². The summed E-state index contributed by atoms with van der Waals surface area (Å²) in [5.74, 6) is 0. The van der Waals surface area contributed by atoms with Crippen LogP contribution in [0.15, 0.2) is 12.7 Å². The number of hydrogen-bond donors (Lipinski definition) is 1. The van der Waals surface area contributed by atoms with Crippen LogP contribution in [0.25, 0.3) is 0 Å². The van der Waals surface area contributed by atoms with E-state index in [0.29, 0.717) is 11.5 Å². The highest BCUT2D eigenvalue weighted by Crippen LogP contribution is 2.33. The Morgan fingerprint density at radius 2 is 2.00 bits per heavy atom. The lowest BCUT2D eigenvalue weighted by Crippen LogP contribution is -2.46. The van der Waals surface area contributed by atoms with Crippen molar-refractivity contribution in [2.45, 2.75) is 46.1 Å². The largest absolute Gasteiger partial charge is 0.317 e. The molecule has 0 aromatic carbocycles. The van der Waals surface area contributed by atoms with E-state index >= 15 is 0 Å². The fourth-order valence-corrected chi connectivity index (χ4v) is 2.64. The third kappa shape index (κ3) is 3.60. The van der Waals surface area contributed by atoms with Gasteiger partial charge in [-0.05, 0) is 51.6 Å². The van der Waals surface area contributed by atoms with E-state index in [1.165, 1.54) is 38.9 Å². The highest BCUT2D eigenvalue weighted by atomic mass is 15.1. The van der Waals surface area contributed by atoms with Gasteiger partial charge in [0.15, 0.2) is 0 Å². The maximum absolute atomic E-state index is 3.87. The number of rotatable bonds is 6. The van der Waals surface area contributed by atoms with Gasteiger partial charge in [0.05, 0.1) is 0 Å². The van der Waals surface area contributed by atoms with Gasteiger partial charge in [-0.2, -0.15) is 0 Å². The Morgan fingerprint density at radius 1 is 1.38 bits per heavy atom. The first-order chi connectivity index (χ1) is 7.63. The molecule has 1 aliphatic rings. The Kier molecular flexibility index (Phi) is 5.50. The van der Waals surface area contributed by atoms with Gasteiger partial charge in [-0.15, -0.1) is 6.58 Å². The smallest absolute Gasteiger partial charge is 0.0163 e. The summed E-state index contributed by atoms with van der Waals surface area (Å²) in [5.41, 5.74) is 0.540. The Hall–Kier alpha value is -0.340. The SMILES string of the molecule is C=CCN(CC1(CC)CCNCC1)C(C)C. The lowest BCUT2D eigenvalue weighted by molar-refractivity contribution is 0.0954.